The molecule has 1 aliphatic heterocycles. The number of carbonyl (C=O) groups excluding carboxylic acids is 1. The van der Waals surface area contributed by atoms with E-state index in [0.717, 1.165) is 30.2 Å². The van der Waals surface area contributed by atoms with Crippen LogP contribution in [0.4, 0.5) is 19.6 Å². The number of carbonyl (C=O) groups is 1. The zero-order valence-electron chi connectivity index (χ0n) is 18.9. The Morgan fingerprint density at radius 2 is 1.86 bits per heavy atom. The van der Waals surface area contributed by atoms with Crippen molar-refractivity contribution in [1.29, 1.82) is 0 Å². The maximum absolute atomic E-state index is 14.3. The molecule has 1 atom stereocenters. The van der Waals surface area contributed by atoms with Crippen LogP contribution >= 0.6 is 11.3 Å². The number of anilines is 2. The first-order valence-electron chi connectivity index (χ1n) is 11.2. The van der Waals surface area contributed by atoms with Gasteiger partial charge in [0.05, 0.1) is 22.2 Å². The third-order valence-corrected chi connectivity index (χ3v) is 8.15. The van der Waals surface area contributed by atoms with E-state index in [1.54, 1.807) is 18.2 Å². The first kappa shape index (κ1) is 24.3. The van der Waals surface area contributed by atoms with Gasteiger partial charge in [-0.3, -0.25) is 14.4 Å². The monoisotopic (exact) mass is 529 g/mol. The van der Waals surface area contributed by atoms with Gasteiger partial charge in [-0.25, -0.2) is 22.2 Å². The molecule has 11 heteroatoms. The van der Waals surface area contributed by atoms with E-state index in [-0.39, 0.29) is 33.8 Å². The van der Waals surface area contributed by atoms with Gasteiger partial charge in [0.25, 0.3) is 15.9 Å². The second-order valence-electron chi connectivity index (χ2n) is 8.28. The number of aromatic nitrogens is 1. The van der Waals surface area contributed by atoms with E-state index in [0.29, 0.717) is 17.0 Å². The Labute approximate surface area is 210 Å². The molecule has 1 fully saturated rings. The Balaban J connectivity index is 1.42. The van der Waals surface area contributed by atoms with Gasteiger partial charge in [-0.05, 0) is 55.3 Å². The van der Waals surface area contributed by atoms with Crippen molar-refractivity contribution in [3.05, 3.63) is 83.9 Å². The van der Waals surface area contributed by atoms with Gasteiger partial charge in [0.2, 0.25) is 0 Å². The summed E-state index contributed by atoms with van der Waals surface area (Å²) in [6, 6.07) is 15.9. The van der Waals surface area contributed by atoms with Gasteiger partial charge in [0.15, 0.2) is 10.9 Å². The average molecular weight is 530 g/mol. The van der Waals surface area contributed by atoms with E-state index in [1.165, 1.54) is 47.4 Å². The lowest BCUT2D eigenvalue weighted by Crippen LogP contribution is -2.37. The number of hydrogen-bond acceptors (Lipinski definition) is 6. The van der Waals surface area contributed by atoms with Gasteiger partial charge in [-0.15, -0.1) is 0 Å². The van der Waals surface area contributed by atoms with Crippen LogP contribution in [0.2, 0.25) is 0 Å². The first-order chi connectivity index (χ1) is 17.3. The van der Waals surface area contributed by atoms with Crippen molar-refractivity contribution in [3.8, 4) is 0 Å². The highest BCUT2D eigenvalue weighted by molar-refractivity contribution is 7.92. The minimum Gasteiger partial charge on any atom is -0.376 e. The van der Waals surface area contributed by atoms with Gasteiger partial charge >= 0.3 is 0 Å². The van der Waals surface area contributed by atoms with Crippen LogP contribution in [0.25, 0.3) is 10.2 Å². The van der Waals surface area contributed by atoms with E-state index in [2.05, 4.69) is 9.71 Å². The standard InChI is InChI=1S/C25H21F2N3O4S2/c26-17-13-21(27)23-22(14-17)35-25(28-23)30(15-19-5-4-12-34-19)24(31)16-8-10-18(11-9-16)29-36(32,33)20-6-2-1-3-7-20/h1-3,6-11,13-14,19,29H,4-5,12,15H2. The molecular weight excluding hydrogens is 508 g/mol. The van der Waals surface area contributed by atoms with Crippen molar-refractivity contribution in [2.75, 3.05) is 22.8 Å². The Kier molecular flexibility index (Phi) is 6.69. The van der Waals surface area contributed by atoms with Crippen LogP contribution in [0.1, 0.15) is 23.2 Å². The number of hydrogen-bond donors (Lipinski definition) is 1. The molecule has 0 saturated carbocycles. The summed E-state index contributed by atoms with van der Waals surface area (Å²) in [6.45, 7) is 0.785. The lowest BCUT2D eigenvalue weighted by molar-refractivity contribution is 0.0917. The molecule has 1 amide bonds. The van der Waals surface area contributed by atoms with E-state index >= 15 is 0 Å². The van der Waals surface area contributed by atoms with Crippen molar-refractivity contribution in [2.24, 2.45) is 0 Å². The van der Waals surface area contributed by atoms with Crippen LogP contribution in [-0.4, -0.2) is 38.6 Å². The van der Waals surface area contributed by atoms with Crippen LogP contribution in [0.15, 0.2) is 71.6 Å². The molecule has 3 aromatic carbocycles. The summed E-state index contributed by atoms with van der Waals surface area (Å²) in [4.78, 5) is 19.3. The third kappa shape index (κ3) is 5.08. The molecule has 0 bridgehead atoms. The fraction of sp³-hybridized carbons (Fsp3) is 0.200. The average Bonchev–Trinajstić information content (AvgIpc) is 3.53. The Bertz CT molecular complexity index is 1500. The number of thiazole rings is 1. The van der Waals surface area contributed by atoms with Gasteiger partial charge in [0, 0.05) is 23.9 Å². The van der Waals surface area contributed by atoms with Crippen molar-refractivity contribution >= 4 is 48.3 Å². The topological polar surface area (TPSA) is 88.6 Å². The largest absolute Gasteiger partial charge is 0.376 e. The zero-order chi connectivity index (χ0) is 25.3. The number of ether oxygens (including phenoxy) is 1. The first-order valence-corrected chi connectivity index (χ1v) is 13.5. The molecule has 0 radical (unpaired) electrons. The van der Waals surface area contributed by atoms with E-state index in [4.69, 9.17) is 4.74 Å². The molecule has 7 nitrogen and oxygen atoms in total. The summed E-state index contributed by atoms with van der Waals surface area (Å²) in [5, 5.41) is 0.226. The SMILES string of the molecule is O=C(c1ccc(NS(=O)(=O)c2ccccc2)cc1)N(CC1CCCO1)c1nc2c(F)cc(F)cc2s1. The van der Waals surface area contributed by atoms with E-state index in [1.807, 2.05) is 0 Å². The quantitative estimate of drug-likeness (QED) is 0.356. The lowest BCUT2D eigenvalue weighted by Gasteiger charge is -2.23. The molecule has 1 aliphatic rings. The minimum atomic E-state index is -3.78. The summed E-state index contributed by atoms with van der Waals surface area (Å²) in [5.74, 6) is -1.93. The summed E-state index contributed by atoms with van der Waals surface area (Å²) >= 11 is 1.02. The highest BCUT2D eigenvalue weighted by Crippen LogP contribution is 2.33. The second-order valence-corrected chi connectivity index (χ2v) is 11.0. The molecule has 4 aromatic rings. The van der Waals surface area contributed by atoms with Gasteiger partial charge in [0.1, 0.15) is 11.3 Å². The van der Waals surface area contributed by atoms with Crippen LogP contribution in [0.3, 0.4) is 0 Å². The van der Waals surface area contributed by atoms with Crippen LogP contribution in [-0.2, 0) is 14.8 Å². The van der Waals surface area contributed by atoms with Gasteiger partial charge < -0.3 is 4.74 Å². The maximum Gasteiger partial charge on any atom is 0.261 e. The molecular formula is C25H21F2N3O4S2. The Hall–Kier alpha value is -3.41. The van der Waals surface area contributed by atoms with E-state index in [9.17, 15) is 22.0 Å². The van der Waals surface area contributed by atoms with Crippen LogP contribution in [0.5, 0.6) is 0 Å². The Morgan fingerprint density at radius 3 is 2.56 bits per heavy atom. The third-order valence-electron chi connectivity index (χ3n) is 5.73. The summed E-state index contributed by atoms with van der Waals surface area (Å²) in [6.07, 6.45) is 1.42. The molecule has 5 rings (SSSR count). The molecule has 186 valence electrons. The van der Waals surface area contributed by atoms with Crippen molar-refractivity contribution in [2.45, 2.75) is 23.8 Å². The second kappa shape index (κ2) is 9.92. The number of halogens is 2. The normalized spacial score (nSPS) is 15.8. The zero-order valence-corrected chi connectivity index (χ0v) is 20.5. The highest BCUT2D eigenvalue weighted by atomic mass is 32.2. The number of rotatable bonds is 7. The molecule has 2 heterocycles. The summed E-state index contributed by atoms with van der Waals surface area (Å²) in [5.41, 5.74) is 0.562. The Morgan fingerprint density at radius 1 is 1.11 bits per heavy atom. The molecule has 0 aliphatic carbocycles. The predicted molar refractivity (Wildman–Crippen MR) is 134 cm³/mol. The number of nitrogens with zero attached hydrogens (tertiary/aromatic N) is 2. The molecule has 1 saturated heterocycles. The lowest BCUT2D eigenvalue weighted by atomic mass is 10.1. The minimum absolute atomic E-state index is 0.00722. The maximum atomic E-state index is 14.3. The number of fused-ring (bicyclic) bond motifs is 1. The van der Waals surface area contributed by atoms with Crippen molar-refractivity contribution in [1.82, 2.24) is 4.98 Å². The smallest absolute Gasteiger partial charge is 0.261 e. The number of amides is 1. The van der Waals surface area contributed by atoms with Crippen molar-refractivity contribution in [3.63, 3.8) is 0 Å². The van der Waals surface area contributed by atoms with Crippen LogP contribution < -0.4 is 9.62 Å². The van der Waals surface area contributed by atoms with Crippen LogP contribution in [0, 0.1) is 11.6 Å². The predicted octanol–water partition coefficient (Wildman–Crippen LogP) is 5.20. The summed E-state index contributed by atoms with van der Waals surface area (Å²) in [7, 11) is -3.78. The molecule has 1 unspecified atom stereocenters. The van der Waals surface area contributed by atoms with Gasteiger partial charge in [-0.1, -0.05) is 29.5 Å². The van der Waals surface area contributed by atoms with Crippen molar-refractivity contribution < 1.29 is 26.7 Å². The number of nitrogens with one attached hydrogen (secondary N) is 1. The summed E-state index contributed by atoms with van der Waals surface area (Å²) < 4.78 is 61.6. The molecule has 1 aromatic heterocycles. The molecule has 1 N–H and O–H groups in total. The molecule has 36 heavy (non-hydrogen) atoms. The fourth-order valence-electron chi connectivity index (χ4n) is 3.95. The highest BCUT2D eigenvalue weighted by Gasteiger charge is 2.28. The van der Waals surface area contributed by atoms with E-state index < -0.39 is 27.6 Å². The fourth-order valence-corrected chi connectivity index (χ4v) is 6.04. The molecule has 0 spiro atoms. The number of sulfonamides is 1. The number of benzene rings is 3. The van der Waals surface area contributed by atoms with Gasteiger partial charge in [-0.2, -0.15) is 0 Å².